The number of carbonyl (C=O) groups is 1. The molecule has 0 radical (unpaired) electrons. The number of rotatable bonds is 4. The first-order valence-corrected chi connectivity index (χ1v) is 6.14. The zero-order valence-electron chi connectivity index (χ0n) is 9.00. The Morgan fingerprint density at radius 2 is 2.24 bits per heavy atom. The van der Waals surface area contributed by atoms with Gasteiger partial charge in [-0.15, -0.1) is 0 Å². The van der Waals surface area contributed by atoms with Crippen LogP contribution in [0.15, 0.2) is 0 Å². The van der Waals surface area contributed by atoms with E-state index in [9.17, 15) is 18.0 Å². The smallest absolute Gasteiger partial charge is 0.377 e. The molecule has 1 amide bonds. The maximum atomic E-state index is 11.8. The molecule has 8 heteroatoms. The molecule has 0 saturated carbocycles. The van der Waals surface area contributed by atoms with E-state index in [-0.39, 0.29) is 6.04 Å². The number of morpholine rings is 1. The Balaban J connectivity index is 2.35. The van der Waals surface area contributed by atoms with Gasteiger partial charge < -0.3 is 14.4 Å². The summed E-state index contributed by atoms with van der Waals surface area (Å²) in [5.41, 5.74) is 0. The summed E-state index contributed by atoms with van der Waals surface area (Å²) in [4.78, 5) is 13.1. The van der Waals surface area contributed by atoms with E-state index in [1.54, 1.807) is 0 Å². The molecule has 1 saturated heterocycles. The molecule has 0 aromatic heterocycles. The summed E-state index contributed by atoms with van der Waals surface area (Å²) in [5, 5.41) is 0.526. The fourth-order valence-electron chi connectivity index (χ4n) is 1.45. The van der Waals surface area contributed by atoms with Crippen LogP contribution in [0.1, 0.15) is 0 Å². The number of halogens is 4. The van der Waals surface area contributed by atoms with Crippen LogP contribution in [0.5, 0.6) is 0 Å². The number of carbonyl (C=O) groups excluding carboxylic acids is 1. The van der Waals surface area contributed by atoms with Crippen LogP contribution in [-0.4, -0.2) is 61.3 Å². The van der Waals surface area contributed by atoms with Crippen molar-refractivity contribution in [3.8, 4) is 0 Å². The number of nitrogens with zero attached hydrogens (tertiary/aromatic N) is 1. The van der Waals surface area contributed by atoms with Gasteiger partial charge in [0, 0.05) is 11.9 Å². The second kappa shape index (κ2) is 6.55. The fourth-order valence-corrected chi connectivity index (χ4v) is 1.98. The van der Waals surface area contributed by atoms with Crippen molar-refractivity contribution in [3.05, 3.63) is 0 Å². The Morgan fingerprint density at radius 1 is 1.53 bits per heavy atom. The largest absolute Gasteiger partial charge is 0.411 e. The summed E-state index contributed by atoms with van der Waals surface area (Å²) in [6.07, 6.45) is -4.40. The van der Waals surface area contributed by atoms with Crippen LogP contribution in [0.2, 0.25) is 0 Å². The van der Waals surface area contributed by atoms with Crippen LogP contribution in [0, 0.1) is 0 Å². The highest BCUT2D eigenvalue weighted by atomic mass is 79.9. The number of ether oxygens (including phenoxy) is 2. The molecular weight excluding hydrogens is 307 g/mol. The van der Waals surface area contributed by atoms with Gasteiger partial charge in [-0.1, -0.05) is 15.9 Å². The highest BCUT2D eigenvalue weighted by molar-refractivity contribution is 9.09. The van der Waals surface area contributed by atoms with Gasteiger partial charge in [-0.3, -0.25) is 4.79 Å². The zero-order chi connectivity index (χ0) is 12.9. The second-order valence-electron chi connectivity index (χ2n) is 3.58. The highest BCUT2D eigenvalue weighted by Crippen LogP contribution is 2.15. The van der Waals surface area contributed by atoms with Crippen molar-refractivity contribution in [1.82, 2.24) is 4.90 Å². The lowest BCUT2D eigenvalue weighted by atomic mass is 10.2. The molecule has 1 aliphatic rings. The predicted molar refractivity (Wildman–Crippen MR) is 57.0 cm³/mol. The van der Waals surface area contributed by atoms with Crippen molar-refractivity contribution in [2.45, 2.75) is 12.2 Å². The normalized spacial score (nSPS) is 21.6. The lowest BCUT2D eigenvalue weighted by molar-refractivity contribution is -0.179. The highest BCUT2D eigenvalue weighted by Gasteiger charge is 2.30. The van der Waals surface area contributed by atoms with E-state index in [1.165, 1.54) is 4.90 Å². The van der Waals surface area contributed by atoms with E-state index >= 15 is 0 Å². The first-order chi connectivity index (χ1) is 7.94. The molecule has 1 fully saturated rings. The molecule has 0 aromatic carbocycles. The number of amides is 1. The summed E-state index contributed by atoms with van der Waals surface area (Å²) in [6.45, 7) is -0.791. The Kier molecular flexibility index (Phi) is 5.68. The SMILES string of the molecule is O=C(COCC(F)(F)F)N1CCOCC1CBr. The van der Waals surface area contributed by atoms with Gasteiger partial charge in [0.15, 0.2) is 0 Å². The van der Waals surface area contributed by atoms with Crippen LogP contribution in [-0.2, 0) is 14.3 Å². The minimum Gasteiger partial charge on any atom is -0.377 e. The third-order valence-electron chi connectivity index (χ3n) is 2.22. The minimum absolute atomic E-state index is 0.147. The molecule has 17 heavy (non-hydrogen) atoms. The van der Waals surface area contributed by atoms with E-state index in [1.807, 2.05) is 0 Å². The average molecular weight is 320 g/mol. The fraction of sp³-hybridized carbons (Fsp3) is 0.889. The van der Waals surface area contributed by atoms with Gasteiger partial charge in [-0.25, -0.2) is 0 Å². The van der Waals surface area contributed by atoms with E-state index in [0.717, 1.165) is 0 Å². The molecule has 1 unspecified atom stereocenters. The van der Waals surface area contributed by atoms with Crippen molar-refractivity contribution >= 4 is 21.8 Å². The number of alkyl halides is 4. The summed E-state index contributed by atoms with van der Waals surface area (Å²) in [7, 11) is 0. The molecule has 0 aliphatic carbocycles. The van der Waals surface area contributed by atoms with Crippen LogP contribution < -0.4 is 0 Å². The molecule has 100 valence electrons. The van der Waals surface area contributed by atoms with E-state index in [4.69, 9.17) is 4.74 Å². The van der Waals surface area contributed by atoms with Gasteiger partial charge >= 0.3 is 6.18 Å². The lowest BCUT2D eigenvalue weighted by Gasteiger charge is -2.34. The molecule has 0 spiro atoms. The molecule has 1 aliphatic heterocycles. The summed E-state index contributed by atoms with van der Waals surface area (Å²) < 4.78 is 44.9. The van der Waals surface area contributed by atoms with Crippen LogP contribution in [0.4, 0.5) is 13.2 Å². The van der Waals surface area contributed by atoms with E-state index < -0.39 is 25.3 Å². The Morgan fingerprint density at radius 3 is 2.82 bits per heavy atom. The van der Waals surface area contributed by atoms with Gasteiger partial charge in [0.05, 0.1) is 19.3 Å². The lowest BCUT2D eigenvalue weighted by Crippen LogP contribution is -2.50. The van der Waals surface area contributed by atoms with Gasteiger partial charge in [0.25, 0.3) is 0 Å². The second-order valence-corrected chi connectivity index (χ2v) is 4.23. The average Bonchev–Trinajstić information content (AvgIpc) is 2.27. The van der Waals surface area contributed by atoms with E-state index in [2.05, 4.69) is 20.7 Å². The minimum atomic E-state index is -4.40. The third kappa shape index (κ3) is 5.22. The summed E-state index contributed by atoms with van der Waals surface area (Å²) >= 11 is 3.22. The quantitative estimate of drug-likeness (QED) is 0.731. The van der Waals surface area contributed by atoms with Crippen molar-refractivity contribution in [2.24, 2.45) is 0 Å². The van der Waals surface area contributed by atoms with Gasteiger partial charge in [0.1, 0.15) is 13.2 Å². The molecule has 1 heterocycles. The standard InChI is InChI=1S/C9H13BrF3NO3/c10-3-7-4-16-2-1-14(7)8(15)5-17-6-9(11,12)13/h7H,1-6H2. The molecule has 0 N–H and O–H groups in total. The maximum Gasteiger partial charge on any atom is 0.411 e. The molecular formula is C9H13BrF3NO3. The zero-order valence-corrected chi connectivity index (χ0v) is 10.6. The predicted octanol–water partition coefficient (Wildman–Crippen LogP) is 1.19. The molecule has 0 aromatic rings. The van der Waals surface area contributed by atoms with Gasteiger partial charge in [0.2, 0.25) is 5.91 Å². The molecule has 1 rings (SSSR count). The maximum absolute atomic E-state index is 11.8. The third-order valence-corrected chi connectivity index (χ3v) is 2.96. The van der Waals surface area contributed by atoms with Crippen LogP contribution in [0.25, 0.3) is 0 Å². The van der Waals surface area contributed by atoms with Crippen LogP contribution >= 0.6 is 15.9 Å². The molecule has 1 atom stereocenters. The van der Waals surface area contributed by atoms with Gasteiger partial charge in [-0.2, -0.15) is 13.2 Å². The van der Waals surface area contributed by atoms with Crippen molar-refractivity contribution in [2.75, 3.05) is 38.3 Å². The Bertz CT molecular complexity index is 262. The Labute approximate surface area is 105 Å². The summed E-state index contributed by atoms with van der Waals surface area (Å²) in [5.74, 6) is -0.443. The summed E-state index contributed by atoms with van der Waals surface area (Å²) in [6, 6.07) is -0.147. The molecule has 4 nitrogen and oxygen atoms in total. The van der Waals surface area contributed by atoms with E-state index in [0.29, 0.717) is 25.1 Å². The monoisotopic (exact) mass is 319 g/mol. The number of hydrogen-bond donors (Lipinski definition) is 0. The first-order valence-electron chi connectivity index (χ1n) is 5.01. The Hall–Kier alpha value is -0.340. The van der Waals surface area contributed by atoms with Crippen molar-refractivity contribution < 1.29 is 27.4 Å². The van der Waals surface area contributed by atoms with Crippen LogP contribution in [0.3, 0.4) is 0 Å². The molecule has 0 bridgehead atoms. The topological polar surface area (TPSA) is 38.8 Å². The number of hydrogen-bond acceptors (Lipinski definition) is 3. The van der Waals surface area contributed by atoms with Crippen molar-refractivity contribution in [3.63, 3.8) is 0 Å². The first kappa shape index (κ1) is 14.7. The van der Waals surface area contributed by atoms with Crippen molar-refractivity contribution in [1.29, 1.82) is 0 Å². The van der Waals surface area contributed by atoms with Gasteiger partial charge in [-0.05, 0) is 0 Å².